The van der Waals surface area contributed by atoms with Crippen molar-refractivity contribution in [2.24, 2.45) is 0 Å². The number of benzene rings is 8. The predicted molar refractivity (Wildman–Crippen MR) is 442 cm³/mol. The van der Waals surface area contributed by atoms with Gasteiger partial charge in [0.1, 0.15) is 34.4 Å². The number of piperazine rings is 4. The molecular weight excluding hydrogens is 1660 g/mol. The maximum Gasteiger partial charge on any atom is 0.416 e. The Morgan fingerprint density at radius 2 is 0.650 bits per heavy atom. The Hall–Kier alpha value is -10.0. The van der Waals surface area contributed by atoms with Crippen LogP contribution in [0.25, 0.3) is 43.6 Å². The number of halogens is 16. The van der Waals surface area contributed by atoms with Crippen LogP contribution >= 0.6 is 46.4 Å². The number of amides is 4. The molecule has 0 aliphatic carbocycles. The number of aryl methyl sites for hydroxylation is 2. The van der Waals surface area contributed by atoms with Crippen molar-refractivity contribution in [3.05, 3.63) is 280 Å². The second-order valence-electron chi connectivity index (χ2n) is 30.7. The molecule has 0 atom stereocenters. The highest BCUT2D eigenvalue weighted by Gasteiger charge is 2.38. The third kappa shape index (κ3) is 22.0. The van der Waals surface area contributed by atoms with Gasteiger partial charge < -0.3 is 39.5 Å². The Balaban J connectivity index is 0.000000139. The van der Waals surface area contributed by atoms with Gasteiger partial charge in [-0.05, 0) is 176 Å². The first-order valence-corrected chi connectivity index (χ1v) is 40.2. The molecule has 4 aliphatic rings. The van der Waals surface area contributed by atoms with E-state index in [1.807, 2.05) is 64.1 Å². The molecule has 0 bridgehead atoms. The van der Waals surface area contributed by atoms with E-state index in [2.05, 4.69) is 29.7 Å². The topological polar surface area (TPSA) is 157 Å². The first-order valence-electron chi connectivity index (χ1n) is 38.7. The average Bonchev–Trinajstić information content (AvgIpc) is 1.49. The minimum atomic E-state index is -4.72. The highest BCUT2D eigenvalue weighted by Crippen LogP contribution is 2.38. The SMILES string of the molecule is CC(F)(F)c1cc(CN2CCN(C(=O)c3cc4cc(Cl)ccc4[nH]3)CC2)cc(C(F)(F)F)c1.CC(F)(F)c1ccc(CN2CCN(C(=O)c3cc4cc(Cl)ccc4[nH]3)CC2)cc1F.Cc1ccc(CN2CCN(C(=O)c3cc4cc(Cl)ccc4[nH]3)CC2)c(C(F)(F)F)c1.Cc1ccc(CN2CCN(C(=O)c3cc4cc(Cl)ccc4[nH]3)CC2)c(F)c1. The van der Waals surface area contributed by atoms with E-state index in [1.54, 1.807) is 107 Å². The molecule has 4 saturated heterocycles. The lowest BCUT2D eigenvalue weighted by atomic mass is 10.0. The number of carbonyl (C=O) groups excluding carboxylic acids is 4. The Bertz CT molecular complexity index is 5700. The second-order valence-corrected chi connectivity index (χ2v) is 32.4. The maximum atomic E-state index is 14.1. The highest BCUT2D eigenvalue weighted by atomic mass is 35.5. The van der Waals surface area contributed by atoms with Gasteiger partial charge in [0, 0.05) is 220 Å². The van der Waals surface area contributed by atoms with Gasteiger partial charge in [-0.3, -0.25) is 38.8 Å². The lowest BCUT2D eigenvalue weighted by Gasteiger charge is -2.35. The zero-order valence-corrected chi connectivity index (χ0v) is 68.6. The van der Waals surface area contributed by atoms with E-state index in [0.717, 1.165) is 80.5 Å². The minimum absolute atomic E-state index is 0.0107. The number of rotatable bonds is 14. The van der Waals surface area contributed by atoms with E-state index in [-0.39, 0.29) is 53.7 Å². The molecule has 0 spiro atoms. The molecule has 8 aromatic carbocycles. The van der Waals surface area contributed by atoms with Crippen LogP contribution in [0.1, 0.15) is 111 Å². The van der Waals surface area contributed by atoms with Gasteiger partial charge in [0.2, 0.25) is 0 Å². The number of H-pyrrole nitrogens is 4. The molecule has 8 heterocycles. The summed E-state index contributed by atoms with van der Waals surface area (Å²) in [4.78, 5) is 78.8. The van der Waals surface area contributed by atoms with Crippen molar-refractivity contribution in [2.75, 3.05) is 105 Å². The molecule has 4 aromatic heterocycles. The summed E-state index contributed by atoms with van der Waals surface area (Å²) in [5, 5.41) is 5.92. The summed E-state index contributed by atoms with van der Waals surface area (Å²) in [5.41, 5.74) is 5.69. The van der Waals surface area contributed by atoms with E-state index >= 15 is 0 Å². The number of alkyl halides is 10. The van der Waals surface area contributed by atoms with Gasteiger partial charge in [-0.2, -0.15) is 26.3 Å². The number of aromatic nitrogens is 4. The second kappa shape index (κ2) is 36.7. The molecule has 632 valence electrons. The largest absolute Gasteiger partial charge is 0.416 e. The molecular formula is C88H84Cl4F12N12O4. The van der Waals surface area contributed by atoms with Crippen LogP contribution in [0, 0.1) is 25.5 Å². The van der Waals surface area contributed by atoms with Crippen molar-refractivity contribution >= 4 is 114 Å². The maximum absolute atomic E-state index is 14.1. The molecule has 4 N–H and O–H groups in total. The van der Waals surface area contributed by atoms with Gasteiger partial charge >= 0.3 is 12.4 Å². The molecule has 0 saturated carbocycles. The van der Waals surface area contributed by atoms with Crippen molar-refractivity contribution < 1.29 is 71.9 Å². The van der Waals surface area contributed by atoms with Crippen molar-refractivity contribution in [1.82, 2.24) is 59.1 Å². The van der Waals surface area contributed by atoms with Crippen LogP contribution in [-0.2, 0) is 50.4 Å². The van der Waals surface area contributed by atoms with E-state index < -0.39 is 52.3 Å². The normalized spacial score (nSPS) is 15.7. The number of aromatic amines is 4. The fraction of sp³-hybridized carbons (Fsp3) is 0.318. The molecule has 32 heteroatoms. The molecule has 12 aromatic rings. The van der Waals surface area contributed by atoms with Gasteiger partial charge in [-0.1, -0.05) is 82.3 Å². The Morgan fingerprint density at radius 3 is 0.983 bits per heavy atom. The molecule has 4 aliphatic heterocycles. The first-order chi connectivity index (χ1) is 56.8. The third-order valence-electron chi connectivity index (χ3n) is 21.6. The lowest BCUT2D eigenvalue weighted by molar-refractivity contribution is -0.139. The predicted octanol–water partition coefficient (Wildman–Crippen LogP) is 20.3. The van der Waals surface area contributed by atoms with E-state index in [9.17, 15) is 71.9 Å². The summed E-state index contributed by atoms with van der Waals surface area (Å²) in [6.07, 6.45) is -9.09. The van der Waals surface area contributed by atoms with Crippen molar-refractivity contribution in [3.8, 4) is 0 Å². The highest BCUT2D eigenvalue weighted by molar-refractivity contribution is 6.32. The van der Waals surface area contributed by atoms with Gasteiger partial charge in [0.15, 0.2) is 0 Å². The average molecular weight is 1740 g/mol. The summed E-state index contributed by atoms with van der Waals surface area (Å²) in [7, 11) is 0. The number of nitrogens with one attached hydrogen (secondary N) is 4. The summed E-state index contributed by atoms with van der Waals surface area (Å²) < 4.78 is 162. The van der Waals surface area contributed by atoms with Crippen molar-refractivity contribution in [3.63, 3.8) is 0 Å². The Kier molecular flexibility index (Phi) is 26.9. The molecule has 120 heavy (non-hydrogen) atoms. The Labute approximate surface area is 703 Å². The third-order valence-corrected chi connectivity index (χ3v) is 22.5. The van der Waals surface area contributed by atoms with Crippen LogP contribution in [-0.4, -0.2) is 187 Å². The smallest absolute Gasteiger partial charge is 0.351 e. The molecule has 16 nitrogen and oxygen atoms in total. The molecule has 0 radical (unpaired) electrons. The number of nitrogens with zero attached hydrogens (tertiary/aromatic N) is 8. The van der Waals surface area contributed by atoms with Gasteiger partial charge in [-0.25, -0.2) is 26.3 Å². The number of hydrogen-bond donors (Lipinski definition) is 4. The van der Waals surface area contributed by atoms with E-state index in [4.69, 9.17) is 46.4 Å². The molecule has 0 unspecified atom stereocenters. The standard InChI is InChI=1S/C23H21ClF5N3O.2C22H21ClF3N3O.C21H21ClFN3O/c1-22(25,26)16-8-14(9-17(12-16)23(27,28)29)13-31-4-6-32(7-5-31)21(33)20-11-15-10-18(24)2-3-19(15)30-20;1-22(25,26)17-4-2-14(10-18(17)24)13-28-6-8-29(9-7-28)21(30)20-12-15-11-16(23)3-5-19(15)27-20;1-14-2-3-15(18(10-14)22(24,25)26)13-28-6-8-29(9-7-28)21(30)20-12-16-11-17(23)4-5-19(16)27-20;1-14-2-3-15(18(23)10-14)13-25-6-8-26(9-7-25)21(27)20-12-16-11-17(22)4-5-19(16)24-20/h2-3,8-12,30H,4-7,13H2,1H3;2*2-5,10-12,27H,6-9,13H2,1H3;2-5,10-12,24H,6-9,13H2,1H3. The first kappa shape index (κ1) is 87.8. The summed E-state index contributed by atoms with van der Waals surface area (Å²) in [6, 6.07) is 44.9. The van der Waals surface area contributed by atoms with Crippen LogP contribution in [0.5, 0.6) is 0 Å². The van der Waals surface area contributed by atoms with E-state index in [1.165, 1.54) is 18.2 Å². The monoisotopic (exact) mass is 1740 g/mol. The fourth-order valence-corrected chi connectivity index (χ4v) is 15.8. The van der Waals surface area contributed by atoms with Gasteiger partial charge in [0.05, 0.1) is 16.7 Å². The lowest BCUT2D eigenvalue weighted by Crippen LogP contribution is -2.48. The van der Waals surface area contributed by atoms with Crippen LogP contribution in [0.3, 0.4) is 0 Å². The molecule has 4 fully saturated rings. The number of hydrogen-bond acceptors (Lipinski definition) is 8. The van der Waals surface area contributed by atoms with Crippen LogP contribution < -0.4 is 0 Å². The summed E-state index contributed by atoms with van der Waals surface area (Å²) >= 11 is 24.0. The zero-order valence-electron chi connectivity index (χ0n) is 65.6. The van der Waals surface area contributed by atoms with Gasteiger partial charge in [0.25, 0.3) is 35.5 Å². The minimum Gasteiger partial charge on any atom is -0.351 e. The zero-order chi connectivity index (χ0) is 85.9. The fourth-order valence-electron chi connectivity index (χ4n) is 15.1. The van der Waals surface area contributed by atoms with Crippen LogP contribution in [0.2, 0.25) is 20.1 Å². The van der Waals surface area contributed by atoms with Crippen LogP contribution in [0.15, 0.2) is 170 Å². The summed E-state index contributed by atoms with van der Waals surface area (Å²) in [6.45, 7) is 14.6. The van der Waals surface area contributed by atoms with Crippen molar-refractivity contribution in [1.29, 1.82) is 0 Å². The van der Waals surface area contributed by atoms with Crippen molar-refractivity contribution in [2.45, 2.75) is 78.1 Å². The quantitative estimate of drug-likeness (QED) is 0.0784. The molecule has 16 rings (SSSR count). The Morgan fingerprint density at radius 1 is 0.317 bits per heavy atom. The number of carbonyl (C=O) groups is 4. The van der Waals surface area contributed by atoms with Gasteiger partial charge in [-0.15, -0.1) is 0 Å². The number of fused-ring (bicyclic) bond motifs is 4. The summed E-state index contributed by atoms with van der Waals surface area (Å²) in [5.74, 6) is -8.04. The van der Waals surface area contributed by atoms with Crippen LogP contribution in [0.4, 0.5) is 52.7 Å². The molecule has 4 amide bonds. The van der Waals surface area contributed by atoms with E-state index in [0.29, 0.717) is 184 Å².